The summed E-state index contributed by atoms with van der Waals surface area (Å²) in [5, 5.41) is 3.82. The van der Waals surface area contributed by atoms with Gasteiger partial charge in [-0.15, -0.1) is 11.3 Å². The molecule has 1 fully saturated rings. The number of carbonyl (C=O) groups excluding carboxylic acids is 1. The van der Waals surface area contributed by atoms with Gasteiger partial charge in [0, 0.05) is 29.5 Å². The second-order valence-electron chi connectivity index (χ2n) is 4.65. The van der Waals surface area contributed by atoms with E-state index in [1.807, 2.05) is 17.8 Å². The van der Waals surface area contributed by atoms with Crippen LogP contribution >= 0.6 is 23.1 Å². The molecule has 0 atom stereocenters. The van der Waals surface area contributed by atoms with Gasteiger partial charge < -0.3 is 9.74 Å². The van der Waals surface area contributed by atoms with Crippen molar-refractivity contribution in [1.82, 2.24) is 0 Å². The van der Waals surface area contributed by atoms with Gasteiger partial charge in [0.25, 0.3) is 0 Å². The van der Waals surface area contributed by atoms with E-state index in [0.717, 1.165) is 29.6 Å². The summed E-state index contributed by atoms with van der Waals surface area (Å²) in [5.41, 5.74) is -1.82. The van der Waals surface area contributed by atoms with Crippen molar-refractivity contribution in [2.75, 3.05) is 29.5 Å². The van der Waals surface area contributed by atoms with Crippen LogP contribution in [0.15, 0.2) is 22.9 Å². The van der Waals surface area contributed by atoms with Crippen molar-refractivity contribution in [3.05, 3.63) is 22.6 Å². The Bertz CT molecular complexity index is 646. The third-order valence-electron chi connectivity index (χ3n) is 3.19. The molecule has 1 aromatic heterocycles. The standard InChI is InChI=1S/C13H11F3N2O2S2/c14-13(15,16)11-9(12(19)20-17-11)7-8-1-2-10(22-8)18-3-5-21-6-4-18/h1-2,7H,3-6H2. The number of rotatable bonds is 2. The van der Waals surface area contributed by atoms with Gasteiger partial charge in [-0.05, 0) is 18.2 Å². The van der Waals surface area contributed by atoms with Crippen LogP contribution in [0, 0.1) is 0 Å². The minimum atomic E-state index is -4.71. The molecule has 1 aromatic rings. The van der Waals surface area contributed by atoms with E-state index < -0.39 is 23.4 Å². The molecule has 0 saturated carbocycles. The van der Waals surface area contributed by atoms with Gasteiger partial charge in [-0.25, -0.2) is 4.79 Å². The van der Waals surface area contributed by atoms with Crippen LogP contribution in [0.5, 0.6) is 0 Å². The molecule has 9 heteroatoms. The van der Waals surface area contributed by atoms with Crippen molar-refractivity contribution in [3.63, 3.8) is 0 Å². The van der Waals surface area contributed by atoms with Gasteiger partial charge in [-0.1, -0.05) is 5.16 Å². The second-order valence-corrected chi connectivity index (χ2v) is 6.97. The summed E-state index contributed by atoms with van der Waals surface area (Å²) in [5.74, 6) is 0.994. The first-order valence-corrected chi connectivity index (χ1v) is 8.43. The third-order valence-corrected chi connectivity index (χ3v) is 5.22. The van der Waals surface area contributed by atoms with Crippen LogP contribution in [0.1, 0.15) is 4.88 Å². The molecule has 118 valence electrons. The van der Waals surface area contributed by atoms with E-state index in [1.54, 1.807) is 6.07 Å². The van der Waals surface area contributed by atoms with Crippen LogP contribution < -0.4 is 4.90 Å². The number of halogens is 3. The lowest BCUT2D eigenvalue weighted by atomic mass is 10.1. The normalized spacial score (nSPS) is 21.2. The average Bonchev–Trinajstić information content (AvgIpc) is 3.08. The zero-order chi connectivity index (χ0) is 15.7. The average molecular weight is 348 g/mol. The molecule has 3 rings (SSSR count). The molecule has 0 radical (unpaired) electrons. The number of thioether (sulfide) groups is 1. The summed E-state index contributed by atoms with van der Waals surface area (Å²) in [7, 11) is 0. The van der Waals surface area contributed by atoms with Crippen molar-refractivity contribution in [3.8, 4) is 0 Å². The second kappa shape index (κ2) is 5.96. The molecular weight excluding hydrogens is 337 g/mol. The maximum Gasteiger partial charge on any atom is 0.437 e. The number of anilines is 1. The lowest BCUT2D eigenvalue weighted by Crippen LogP contribution is -2.31. The molecule has 3 heterocycles. The SMILES string of the molecule is O=C1ON=C(C(F)(F)F)C1=Cc1ccc(N2CCSCC2)s1. The number of hydrogen-bond acceptors (Lipinski definition) is 6. The van der Waals surface area contributed by atoms with Gasteiger partial charge in [-0.3, -0.25) is 0 Å². The summed E-state index contributed by atoms with van der Waals surface area (Å²) in [6, 6.07) is 3.56. The Morgan fingerprint density at radius 1 is 1.27 bits per heavy atom. The predicted octanol–water partition coefficient (Wildman–Crippen LogP) is 3.16. The van der Waals surface area contributed by atoms with Crippen molar-refractivity contribution >= 4 is 45.9 Å². The maximum absolute atomic E-state index is 12.8. The fraction of sp³-hybridized carbons (Fsp3) is 0.385. The summed E-state index contributed by atoms with van der Waals surface area (Å²) in [6.07, 6.45) is -3.52. The van der Waals surface area contributed by atoms with Gasteiger partial charge in [0.15, 0.2) is 5.71 Å². The van der Waals surface area contributed by atoms with Gasteiger partial charge in [0.05, 0.1) is 10.6 Å². The highest BCUT2D eigenvalue weighted by Crippen LogP contribution is 2.32. The molecule has 0 aromatic carbocycles. The van der Waals surface area contributed by atoms with E-state index in [1.165, 1.54) is 17.4 Å². The van der Waals surface area contributed by atoms with E-state index in [-0.39, 0.29) is 0 Å². The van der Waals surface area contributed by atoms with E-state index in [9.17, 15) is 18.0 Å². The molecule has 2 aliphatic heterocycles. The third kappa shape index (κ3) is 3.14. The zero-order valence-corrected chi connectivity index (χ0v) is 12.9. The molecule has 22 heavy (non-hydrogen) atoms. The Morgan fingerprint density at radius 2 is 2.00 bits per heavy atom. The highest BCUT2D eigenvalue weighted by atomic mass is 32.2. The first-order chi connectivity index (χ1) is 10.4. The van der Waals surface area contributed by atoms with Crippen LogP contribution in [0.4, 0.5) is 18.2 Å². The molecular formula is C13H11F3N2O2S2. The van der Waals surface area contributed by atoms with E-state index >= 15 is 0 Å². The minimum Gasteiger partial charge on any atom is -0.362 e. The summed E-state index contributed by atoms with van der Waals surface area (Å²) in [4.78, 5) is 18.3. The number of hydrogen-bond donors (Lipinski definition) is 0. The summed E-state index contributed by atoms with van der Waals surface area (Å²) < 4.78 is 38.3. The molecule has 1 saturated heterocycles. The molecule has 0 aliphatic carbocycles. The fourth-order valence-corrected chi connectivity index (χ4v) is 4.03. The lowest BCUT2D eigenvalue weighted by molar-refractivity contribution is -0.136. The van der Waals surface area contributed by atoms with Crippen molar-refractivity contribution in [2.24, 2.45) is 5.16 Å². The molecule has 0 unspecified atom stereocenters. The Kier molecular flexibility index (Phi) is 4.18. The first-order valence-electron chi connectivity index (χ1n) is 6.46. The molecule has 0 amide bonds. The van der Waals surface area contributed by atoms with Gasteiger partial charge in [0.2, 0.25) is 0 Å². The van der Waals surface area contributed by atoms with Gasteiger partial charge in [0.1, 0.15) is 0 Å². The zero-order valence-electron chi connectivity index (χ0n) is 11.2. The number of alkyl halides is 3. The first kappa shape index (κ1) is 15.4. The van der Waals surface area contributed by atoms with E-state index in [0.29, 0.717) is 4.88 Å². The highest BCUT2D eigenvalue weighted by molar-refractivity contribution is 7.99. The maximum atomic E-state index is 12.8. The highest BCUT2D eigenvalue weighted by Gasteiger charge is 2.45. The van der Waals surface area contributed by atoms with E-state index in [4.69, 9.17) is 0 Å². The Hall–Kier alpha value is -1.48. The number of nitrogens with zero attached hydrogens (tertiary/aromatic N) is 2. The minimum absolute atomic E-state index is 0.546. The van der Waals surface area contributed by atoms with Crippen LogP contribution in [0.3, 0.4) is 0 Å². The monoisotopic (exact) mass is 348 g/mol. The molecule has 0 N–H and O–H groups in total. The largest absolute Gasteiger partial charge is 0.437 e. The Balaban J connectivity index is 1.84. The number of oxime groups is 1. The lowest BCUT2D eigenvalue weighted by Gasteiger charge is -2.26. The topological polar surface area (TPSA) is 41.9 Å². The van der Waals surface area contributed by atoms with E-state index in [2.05, 4.69) is 14.9 Å². The smallest absolute Gasteiger partial charge is 0.362 e. The van der Waals surface area contributed by atoms with Crippen LogP contribution in [-0.4, -0.2) is 42.5 Å². The van der Waals surface area contributed by atoms with Gasteiger partial charge in [-0.2, -0.15) is 24.9 Å². The van der Waals surface area contributed by atoms with Crippen molar-refractivity contribution in [1.29, 1.82) is 0 Å². The molecule has 2 aliphatic rings. The summed E-state index contributed by atoms with van der Waals surface area (Å²) in [6.45, 7) is 1.83. The summed E-state index contributed by atoms with van der Waals surface area (Å²) >= 11 is 3.23. The molecule has 4 nitrogen and oxygen atoms in total. The number of thiophene rings is 1. The fourth-order valence-electron chi connectivity index (χ4n) is 2.13. The quantitative estimate of drug-likeness (QED) is 0.608. The molecule has 0 bridgehead atoms. The van der Waals surface area contributed by atoms with Crippen LogP contribution in [0.2, 0.25) is 0 Å². The number of carbonyl (C=O) groups is 1. The Labute approximate surface area is 132 Å². The van der Waals surface area contributed by atoms with Crippen molar-refractivity contribution in [2.45, 2.75) is 6.18 Å². The van der Waals surface area contributed by atoms with Crippen LogP contribution in [-0.2, 0) is 9.63 Å². The Morgan fingerprint density at radius 3 is 2.68 bits per heavy atom. The van der Waals surface area contributed by atoms with Crippen molar-refractivity contribution < 1.29 is 22.8 Å². The van der Waals surface area contributed by atoms with Gasteiger partial charge >= 0.3 is 12.1 Å². The molecule has 0 spiro atoms. The van der Waals surface area contributed by atoms with Crippen LogP contribution in [0.25, 0.3) is 6.08 Å². The predicted molar refractivity (Wildman–Crippen MR) is 81.4 cm³/mol.